The van der Waals surface area contributed by atoms with Crippen LogP contribution >= 0.6 is 12.2 Å². The molecule has 21 heavy (non-hydrogen) atoms. The van der Waals surface area contributed by atoms with Crippen LogP contribution in [0, 0.1) is 10.7 Å². The summed E-state index contributed by atoms with van der Waals surface area (Å²) < 4.78 is 4.63. The first-order valence-corrected chi connectivity index (χ1v) is 8.23. The smallest absolute Gasteiger partial charge is 0.223 e. The van der Waals surface area contributed by atoms with E-state index in [2.05, 4.69) is 22.2 Å². The molecule has 1 aliphatic carbocycles. The lowest BCUT2D eigenvalue weighted by Gasteiger charge is -2.32. The summed E-state index contributed by atoms with van der Waals surface area (Å²) in [7, 11) is 0. The Labute approximate surface area is 130 Å². The molecule has 7 heteroatoms. The number of piperidine rings is 1. The van der Waals surface area contributed by atoms with Crippen LogP contribution in [0.15, 0.2) is 6.33 Å². The molecule has 1 N–H and O–H groups in total. The molecule has 0 spiro atoms. The molecule has 3 rings (SSSR count). The third-order valence-corrected chi connectivity index (χ3v) is 4.80. The van der Waals surface area contributed by atoms with Crippen molar-refractivity contribution < 1.29 is 4.79 Å². The van der Waals surface area contributed by atoms with Crippen molar-refractivity contribution in [3.05, 3.63) is 11.1 Å². The minimum absolute atomic E-state index is 0.261. The fourth-order valence-corrected chi connectivity index (χ4v) is 3.04. The maximum absolute atomic E-state index is 11.8. The molecular formula is C14H23N5OS. The van der Waals surface area contributed by atoms with Crippen LogP contribution in [-0.4, -0.2) is 44.3 Å². The van der Waals surface area contributed by atoms with Gasteiger partial charge in [-0.1, -0.05) is 0 Å². The SMILES string of the molecule is CCn1cnn(CN2CCC(NC(=O)C3CC3)CC2)c1=S. The molecule has 1 aromatic rings. The van der Waals surface area contributed by atoms with Crippen LogP contribution < -0.4 is 5.32 Å². The topological polar surface area (TPSA) is 55.1 Å². The number of likely N-dealkylation sites (tertiary alicyclic amines) is 1. The van der Waals surface area contributed by atoms with Gasteiger partial charge in [0.05, 0.1) is 6.67 Å². The third-order valence-electron chi connectivity index (χ3n) is 4.35. The maximum atomic E-state index is 11.8. The molecule has 0 atom stereocenters. The fraction of sp³-hybridized carbons (Fsp3) is 0.786. The van der Waals surface area contributed by atoms with Gasteiger partial charge in [-0.15, -0.1) is 0 Å². The highest BCUT2D eigenvalue weighted by molar-refractivity contribution is 7.71. The summed E-state index contributed by atoms with van der Waals surface area (Å²) in [5, 5.41) is 7.52. The van der Waals surface area contributed by atoms with Crippen LogP contribution in [-0.2, 0) is 18.0 Å². The molecule has 0 unspecified atom stereocenters. The van der Waals surface area contributed by atoms with E-state index in [-0.39, 0.29) is 5.91 Å². The predicted molar refractivity (Wildman–Crippen MR) is 82.2 cm³/mol. The number of carbonyl (C=O) groups is 1. The summed E-state index contributed by atoms with van der Waals surface area (Å²) in [4.78, 5) is 14.1. The van der Waals surface area contributed by atoms with Gasteiger partial charge in [0.1, 0.15) is 6.33 Å². The lowest BCUT2D eigenvalue weighted by Crippen LogP contribution is -2.45. The molecule has 6 nitrogen and oxygen atoms in total. The van der Waals surface area contributed by atoms with Crippen molar-refractivity contribution in [3.63, 3.8) is 0 Å². The van der Waals surface area contributed by atoms with E-state index < -0.39 is 0 Å². The number of nitrogens with one attached hydrogen (secondary N) is 1. The summed E-state index contributed by atoms with van der Waals surface area (Å²) in [5.74, 6) is 0.566. The molecule has 1 saturated heterocycles. The van der Waals surface area contributed by atoms with E-state index in [1.807, 2.05) is 9.25 Å². The van der Waals surface area contributed by atoms with Crippen molar-refractivity contribution in [2.45, 2.75) is 51.9 Å². The first-order chi connectivity index (χ1) is 10.2. The lowest BCUT2D eigenvalue weighted by molar-refractivity contribution is -0.123. The predicted octanol–water partition coefficient (Wildman–Crippen LogP) is 1.38. The standard InChI is InChI=1S/C14H23N5OS/c1-2-18-9-15-19(14(18)21)10-17-7-5-12(6-8-17)16-13(20)11-3-4-11/h9,11-12H,2-8,10H2,1H3,(H,16,20). The van der Waals surface area contributed by atoms with Gasteiger partial charge in [0, 0.05) is 31.6 Å². The molecule has 2 fully saturated rings. The summed E-state index contributed by atoms with van der Waals surface area (Å²) in [6.45, 7) is 5.63. The van der Waals surface area contributed by atoms with Gasteiger partial charge in [-0.2, -0.15) is 5.10 Å². The number of rotatable bonds is 5. The second-order valence-corrected chi connectivity index (χ2v) is 6.38. The Morgan fingerprint density at radius 3 is 2.67 bits per heavy atom. The average molecular weight is 309 g/mol. The highest BCUT2D eigenvalue weighted by atomic mass is 32.1. The first-order valence-electron chi connectivity index (χ1n) is 7.82. The van der Waals surface area contributed by atoms with Crippen LogP contribution in [0.4, 0.5) is 0 Å². The van der Waals surface area contributed by atoms with Crippen molar-refractivity contribution in [2.75, 3.05) is 13.1 Å². The largest absolute Gasteiger partial charge is 0.353 e. The quantitative estimate of drug-likeness (QED) is 0.835. The molecule has 1 aromatic heterocycles. The average Bonchev–Trinajstić information content (AvgIpc) is 3.28. The van der Waals surface area contributed by atoms with Crippen LogP contribution in [0.3, 0.4) is 0 Å². The van der Waals surface area contributed by atoms with Gasteiger partial charge in [0.2, 0.25) is 5.91 Å². The Kier molecular flexibility index (Phi) is 4.40. The fourth-order valence-electron chi connectivity index (χ4n) is 2.76. The monoisotopic (exact) mass is 309 g/mol. The molecule has 1 saturated carbocycles. The van der Waals surface area contributed by atoms with Crippen LogP contribution in [0.1, 0.15) is 32.6 Å². The summed E-state index contributed by atoms with van der Waals surface area (Å²) in [5.41, 5.74) is 0. The van der Waals surface area contributed by atoms with Gasteiger partial charge in [-0.25, -0.2) is 4.68 Å². The van der Waals surface area contributed by atoms with E-state index >= 15 is 0 Å². The number of aromatic nitrogens is 3. The Bertz CT molecular complexity index is 554. The Balaban J connectivity index is 1.47. The number of amides is 1. The van der Waals surface area contributed by atoms with Crippen LogP contribution in [0.5, 0.6) is 0 Å². The van der Waals surface area contributed by atoms with E-state index in [0.29, 0.717) is 12.0 Å². The third kappa shape index (κ3) is 3.52. The minimum Gasteiger partial charge on any atom is -0.353 e. The zero-order valence-electron chi connectivity index (χ0n) is 12.5. The molecule has 1 aliphatic heterocycles. The van der Waals surface area contributed by atoms with E-state index in [4.69, 9.17) is 12.2 Å². The van der Waals surface area contributed by atoms with E-state index in [0.717, 1.165) is 56.8 Å². The highest BCUT2D eigenvalue weighted by Gasteiger charge is 2.31. The van der Waals surface area contributed by atoms with Crippen molar-refractivity contribution in [1.82, 2.24) is 24.6 Å². The zero-order valence-corrected chi connectivity index (χ0v) is 13.3. The second-order valence-electron chi connectivity index (χ2n) is 6.02. The molecule has 0 radical (unpaired) electrons. The second kappa shape index (κ2) is 6.27. The number of nitrogens with zero attached hydrogens (tertiary/aromatic N) is 4. The van der Waals surface area contributed by atoms with E-state index in [1.54, 1.807) is 6.33 Å². The highest BCUT2D eigenvalue weighted by Crippen LogP contribution is 2.29. The van der Waals surface area contributed by atoms with E-state index in [1.165, 1.54) is 0 Å². The molecule has 2 aliphatic rings. The van der Waals surface area contributed by atoms with Crippen molar-refractivity contribution in [3.8, 4) is 0 Å². The van der Waals surface area contributed by atoms with Crippen LogP contribution in [0.2, 0.25) is 0 Å². The maximum Gasteiger partial charge on any atom is 0.223 e. The molecule has 0 aromatic carbocycles. The first kappa shape index (κ1) is 14.7. The molecular weight excluding hydrogens is 286 g/mol. The van der Waals surface area contributed by atoms with Crippen molar-refractivity contribution >= 4 is 18.1 Å². The lowest BCUT2D eigenvalue weighted by atomic mass is 10.1. The van der Waals surface area contributed by atoms with Gasteiger partial charge in [0.25, 0.3) is 0 Å². The Morgan fingerprint density at radius 1 is 1.38 bits per heavy atom. The Morgan fingerprint density at radius 2 is 2.10 bits per heavy atom. The molecule has 1 amide bonds. The number of hydrogen-bond donors (Lipinski definition) is 1. The van der Waals surface area contributed by atoms with Gasteiger partial charge in [0.15, 0.2) is 4.77 Å². The number of hydrogen-bond acceptors (Lipinski definition) is 4. The summed E-state index contributed by atoms with van der Waals surface area (Å²) in [6.07, 6.45) is 5.97. The van der Waals surface area contributed by atoms with Gasteiger partial charge < -0.3 is 9.88 Å². The van der Waals surface area contributed by atoms with Gasteiger partial charge in [-0.3, -0.25) is 9.69 Å². The number of carbonyl (C=O) groups excluding carboxylic acids is 1. The van der Waals surface area contributed by atoms with Crippen molar-refractivity contribution in [2.24, 2.45) is 5.92 Å². The normalized spacial score (nSPS) is 20.6. The molecule has 2 heterocycles. The molecule has 0 bridgehead atoms. The Hall–Kier alpha value is -1.21. The van der Waals surface area contributed by atoms with Crippen LogP contribution in [0.25, 0.3) is 0 Å². The zero-order chi connectivity index (χ0) is 14.8. The number of aryl methyl sites for hydroxylation is 1. The summed E-state index contributed by atoms with van der Waals surface area (Å²) in [6, 6.07) is 0.343. The molecule has 116 valence electrons. The minimum atomic E-state index is 0.261. The van der Waals surface area contributed by atoms with Crippen molar-refractivity contribution in [1.29, 1.82) is 0 Å². The van der Waals surface area contributed by atoms with Gasteiger partial charge in [-0.05, 0) is 44.8 Å². The van der Waals surface area contributed by atoms with E-state index in [9.17, 15) is 4.79 Å². The summed E-state index contributed by atoms with van der Waals surface area (Å²) >= 11 is 5.39. The van der Waals surface area contributed by atoms with Gasteiger partial charge >= 0.3 is 0 Å².